The monoisotopic (exact) mass is 555 g/mol. The molecule has 3 heterocycles. The van der Waals surface area contributed by atoms with Gasteiger partial charge in [-0.05, 0) is 50.5 Å². The summed E-state index contributed by atoms with van der Waals surface area (Å²) in [5.74, 6) is -2.64. The number of amides is 3. The molecule has 0 aromatic heterocycles. The van der Waals surface area contributed by atoms with Crippen molar-refractivity contribution in [1.29, 1.82) is 0 Å². The zero-order valence-corrected chi connectivity index (χ0v) is 22.0. The second-order valence-electron chi connectivity index (χ2n) is 10.1. The number of halogens is 1. The Hall–Kier alpha value is -2.75. The summed E-state index contributed by atoms with van der Waals surface area (Å²) in [6, 6.07) is 13.2. The van der Waals surface area contributed by atoms with Gasteiger partial charge in [-0.3, -0.25) is 14.4 Å². The minimum Gasteiger partial charge on any atom is -0.394 e. The van der Waals surface area contributed by atoms with Crippen molar-refractivity contribution in [3.8, 4) is 0 Å². The van der Waals surface area contributed by atoms with Crippen LogP contribution >= 0.6 is 15.9 Å². The summed E-state index contributed by atoms with van der Waals surface area (Å²) >= 11 is 3.67. The van der Waals surface area contributed by atoms with Gasteiger partial charge in [-0.1, -0.05) is 52.3 Å². The number of nitrogens with zero attached hydrogens (tertiary/aromatic N) is 1. The van der Waals surface area contributed by atoms with Gasteiger partial charge in [0.1, 0.15) is 11.6 Å². The Bertz CT molecular complexity index is 1190. The largest absolute Gasteiger partial charge is 0.394 e. The van der Waals surface area contributed by atoms with Crippen LogP contribution in [0.25, 0.3) is 0 Å². The maximum absolute atomic E-state index is 13.9. The van der Waals surface area contributed by atoms with Crippen LogP contribution in [0.3, 0.4) is 0 Å². The van der Waals surface area contributed by atoms with Gasteiger partial charge in [-0.15, -0.1) is 0 Å². The molecule has 3 amide bonds. The first kappa shape index (κ1) is 24.9. The number of aliphatic hydroxyl groups excluding tert-OH is 1. The number of hydrogen-bond donors (Lipinski definition) is 3. The fourth-order valence-corrected chi connectivity index (χ4v) is 7.12. The Morgan fingerprint density at radius 2 is 1.78 bits per heavy atom. The van der Waals surface area contributed by atoms with Crippen molar-refractivity contribution in [1.82, 2.24) is 4.90 Å². The molecule has 3 aliphatic heterocycles. The Morgan fingerprint density at radius 1 is 1.11 bits per heavy atom. The number of aliphatic hydroxyl groups is 1. The third-order valence-electron chi connectivity index (χ3n) is 7.79. The summed E-state index contributed by atoms with van der Waals surface area (Å²) in [5.41, 5.74) is 1.93. The molecule has 8 nitrogen and oxygen atoms in total. The quantitative estimate of drug-likeness (QED) is 0.475. The highest BCUT2D eigenvalue weighted by atomic mass is 79.9. The molecule has 1 spiro atoms. The fraction of sp³-hybridized carbons (Fsp3) is 0.444. The third kappa shape index (κ3) is 3.76. The molecule has 9 heteroatoms. The minimum atomic E-state index is -1.18. The minimum absolute atomic E-state index is 0.201. The van der Waals surface area contributed by atoms with Gasteiger partial charge >= 0.3 is 0 Å². The van der Waals surface area contributed by atoms with E-state index in [1.807, 2.05) is 50.2 Å². The van der Waals surface area contributed by atoms with Crippen LogP contribution in [0.5, 0.6) is 0 Å². The van der Waals surface area contributed by atoms with E-state index in [0.717, 1.165) is 11.1 Å². The van der Waals surface area contributed by atoms with E-state index < -0.39 is 35.6 Å². The Morgan fingerprint density at radius 3 is 2.42 bits per heavy atom. The molecule has 190 valence electrons. The van der Waals surface area contributed by atoms with Gasteiger partial charge in [0.15, 0.2) is 0 Å². The third-order valence-corrected chi connectivity index (χ3v) is 8.63. The molecule has 2 bridgehead atoms. The number of ether oxygens (including phenoxy) is 1. The van der Waals surface area contributed by atoms with E-state index in [2.05, 4.69) is 26.6 Å². The Balaban J connectivity index is 1.53. The molecule has 0 radical (unpaired) electrons. The molecule has 0 saturated carbocycles. The average Bonchev–Trinajstić information content (AvgIpc) is 3.45. The zero-order valence-electron chi connectivity index (χ0n) is 20.4. The lowest BCUT2D eigenvalue weighted by atomic mass is 9.70. The Kier molecular flexibility index (Phi) is 6.43. The number of carbonyl (C=O) groups excluding carboxylic acids is 3. The van der Waals surface area contributed by atoms with Crippen molar-refractivity contribution in [3.05, 3.63) is 59.7 Å². The van der Waals surface area contributed by atoms with E-state index in [-0.39, 0.29) is 29.2 Å². The molecule has 36 heavy (non-hydrogen) atoms. The molecule has 3 N–H and O–H groups in total. The molecule has 3 fully saturated rings. The number of aryl methyl sites for hydroxylation is 2. The van der Waals surface area contributed by atoms with Crippen LogP contribution in [0.2, 0.25) is 0 Å². The Labute approximate surface area is 218 Å². The lowest BCUT2D eigenvalue weighted by Gasteiger charge is -2.36. The number of likely N-dealkylation sites (tertiary alicyclic amines) is 1. The molecule has 0 aliphatic carbocycles. The predicted molar refractivity (Wildman–Crippen MR) is 139 cm³/mol. The van der Waals surface area contributed by atoms with Crippen LogP contribution in [-0.4, -0.2) is 63.0 Å². The van der Waals surface area contributed by atoms with Gasteiger partial charge < -0.3 is 25.4 Å². The van der Waals surface area contributed by atoms with Gasteiger partial charge in [0.2, 0.25) is 17.7 Å². The molecule has 3 aliphatic rings. The standard InChI is InChI=1S/C27H30BrN3O5/c1-14-8-7-9-15(2)21(14)30-25(34)23-27-12-18(28)22(36-27)19(20(27)26(35)31(23)16(3)13-32)24(33)29-17-10-5-4-6-11-17/h4-11,16,18-20,22-23,32H,12-13H2,1-3H3,(H,29,33)(H,30,34)/t16-,18?,19+,20+,22+,23?,27?/m1/s1. The number of rotatable bonds is 6. The summed E-state index contributed by atoms with van der Waals surface area (Å²) in [4.78, 5) is 42.6. The number of hydrogen-bond acceptors (Lipinski definition) is 5. The summed E-state index contributed by atoms with van der Waals surface area (Å²) < 4.78 is 6.48. The number of benzene rings is 2. The van der Waals surface area contributed by atoms with Crippen LogP contribution < -0.4 is 10.6 Å². The first-order chi connectivity index (χ1) is 17.2. The predicted octanol–water partition coefficient (Wildman–Crippen LogP) is 3.01. The van der Waals surface area contributed by atoms with E-state index in [1.165, 1.54) is 4.90 Å². The van der Waals surface area contributed by atoms with Crippen molar-refractivity contribution in [3.63, 3.8) is 0 Å². The number of nitrogens with one attached hydrogen (secondary N) is 2. The second kappa shape index (κ2) is 9.28. The highest BCUT2D eigenvalue weighted by Gasteiger charge is 2.76. The first-order valence-corrected chi connectivity index (χ1v) is 13.1. The van der Waals surface area contributed by atoms with Crippen LogP contribution in [-0.2, 0) is 19.1 Å². The van der Waals surface area contributed by atoms with Crippen molar-refractivity contribution >= 4 is 45.0 Å². The van der Waals surface area contributed by atoms with Gasteiger partial charge in [0.25, 0.3) is 0 Å². The molecular formula is C27H30BrN3O5. The highest BCUT2D eigenvalue weighted by Crippen LogP contribution is 2.60. The van der Waals surface area contributed by atoms with Crippen molar-refractivity contribution < 1.29 is 24.2 Å². The number of anilines is 2. The van der Waals surface area contributed by atoms with E-state index in [1.54, 1.807) is 19.1 Å². The maximum Gasteiger partial charge on any atom is 0.250 e. The lowest BCUT2D eigenvalue weighted by Crippen LogP contribution is -2.56. The van der Waals surface area contributed by atoms with Crippen LogP contribution in [0.15, 0.2) is 48.5 Å². The van der Waals surface area contributed by atoms with Crippen LogP contribution in [0, 0.1) is 25.7 Å². The molecule has 3 unspecified atom stereocenters. The molecular weight excluding hydrogens is 526 g/mol. The number of fused-ring (bicyclic) bond motifs is 1. The number of alkyl halides is 1. The molecule has 2 aromatic carbocycles. The topological polar surface area (TPSA) is 108 Å². The number of carbonyl (C=O) groups is 3. The average molecular weight is 556 g/mol. The molecule has 3 saturated heterocycles. The fourth-order valence-electron chi connectivity index (χ4n) is 6.18. The summed E-state index contributed by atoms with van der Waals surface area (Å²) in [5, 5.41) is 15.9. The summed E-state index contributed by atoms with van der Waals surface area (Å²) in [7, 11) is 0. The van der Waals surface area contributed by atoms with Crippen LogP contribution in [0.4, 0.5) is 11.4 Å². The second-order valence-corrected chi connectivity index (χ2v) is 11.2. The van der Waals surface area contributed by atoms with E-state index >= 15 is 0 Å². The molecule has 2 aromatic rings. The summed E-state index contributed by atoms with van der Waals surface area (Å²) in [6.45, 7) is 5.21. The van der Waals surface area contributed by atoms with Gasteiger partial charge in [-0.25, -0.2) is 0 Å². The molecule has 7 atom stereocenters. The smallest absolute Gasteiger partial charge is 0.250 e. The van der Waals surface area contributed by atoms with Crippen molar-refractivity contribution in [2.45, 2.75) is 55.8 Å². The van der Waals surface area contributed by atoms with Gasteiger partial charge in [0, 0.05) is 16.2 Å². The zero-order chi connectivity index (χ0) is 25.8. The van der Waals surface area contributed by atoms with Gasteiger partial charge in [0.05, 0.1) is 30.6 Å². The van der Waals surface area contributed by atoms with Crippen molar-refractivity contribution in [2.75, 3.05) is 17.2 Å². The van der Waals surface area contributed by atoms with E-state index in [0.29, 0.717) is 17.8 Å². The van der Waals surface area contributed by atoms with E-state index in [4.69, 9.17) is 4.74 Å². The number of para-hydroxylation sites is 2. The first-order valence-electron chi connectivity index (χ1n) is 12.2. The normalized spacial score (nSPS) is 31.3. The lowest BCUT2D eigenvalue weighted by molar-refractivity contribution is -0.142. The van der Waals surface area contributed by atoms with Gasteiger partial charge in [-0.2, -0.15) is 0 Å². The van der Waals surface area contributed by atoms with E-state index in [9.17, 15) is 19.5 Å². The maximum atomic E-state index is 13.9. The SMILES string of the molecule is Cc1cccc(C)c1NC(=O)C1N([C@H](C)CO)C(=O)[C@@H]2[C@H](C(=O)Nc3ccccc3)[C@H]3OC12CC3Br. The molecule has 5 rings (SSSR count). The van der Waals surface area contributed by atoms with Crippen LogP contribution in [0.1, 0.15) is 24.5 Å². The highest BCUT2D eigenvalue weighted by molar-refractivity contribution is 9.09. The summed E-state index contributed by atoms with van der Waals surface area (Å²) in [6.07, 6.45) is -0.146. The van der Waals surface area contributed by atoms with Crippen molar-refractivity contribution in [2.24, 2.45) is 11.8 Å².